The highest BCUT2D eigenvalue weighted by atomic mass is 35.5. The van der Waals surface area contributed by atoms with E-state index in [-0.39, 0.29) is 31.0 Å². The number of benzene rings is 2. The minimum Gasteiger partial charge on any atom is -0.320 e. The van der Waals surface area contributed by atoms with E-state index in [4.69, 9.17) is 23.8 Å². The maximum atomic E-state index is 12.7. The van der Waals surface area contributed by atoms with E-state index in [9.17, 15) is 29.8 Å². The van der Waals surface area contributed by atoms with Crippen LogP contribution >= 0.6 is 35.6 Å². The summed E-state index contributed by atoms with van der Waals surface area (Å²) in [7, 11) is 0. The zero-order valence-corrected chi connectivity index (χ0v) is 19.1. The Morgan fingerprint density at radius 2 is 1.91 bits per heavy atom. The number of thiocarbonyl (C=S) groups is 1. The Hall–Kier alpha value is -3.35. The predicted molar refractivity (Wildman–Crippen MR) is 129 cm³/mol. The van der Waals surface area contributed by atoms with Crippen molar-refractivity contribution in [1.29, 1.82) is 0 Å². The average Bonchev–Trinajstić information content (AvgIpc) is 3.02. The van der Waals surface area contributed by atoms with Gasteiger partial charge in [-0.15, -0.1) is 0 Å². The van der Waals surface area contributed by atoms with Crippen molar-refractivity contribution < 1.29 is 19.4 Å². The summed E-state index contributed by atoms with van der Waals surface area (Å²) in [5.74, 6) is -0.833. The van der Waals surface area contributed by atoms with Crippen LogP contribution < -0.4 is 5.32 Å². The quantitative estimate of drug-likeness (QED) is 0.234. The standard InChI is InChI=1S/C20H15ClN4O6S2/c21-14-5-2-1-4-12(14)10-17-19(27)23(20(32)33-17)9-3-6-18(26)22-15-8-7-13(24(28)29)11-16(15)25(30)31/h1-2,4-5,7-8,10-11H,3,6,9H2,(H,22,26). The van der Waals surface area contributed by atoms with Gasteiger partial charge >= 0.3 is 0 Å². The highest BCUT2D eigenvalue weighted by molar-refractivity contribution is 8.26. The van der Waals surface area contributed by atoms with Gasteiger partial charge in [-0.05, 0) is 30.2 Å². The van der Waals surface area contributed by atoms with Crippen LogP contribution in [0.4, 0.5) is 17.1 Å². The molecule has 1 fully saturated rings. The lowest BCUT2D eigenvalue weighted by Crippen LogP contribution is -2.29. The fourth-order valence-corrected chi connectivity index (χ4v) is 4.42. The van der Waals surface area contributed by atoms with E-state index >= 15 is 0 Å². The molecule has 13 heteroatoms. The number of hydrogen-bond donors (Lipinski definition) is 1. The first-order valence-electron chi connectivity index (χ1n) is 9.40. The van der Waals surface area contributed by atoms with Crippen molar-refractivity contribution in [2.24, 2.45) is 0 Å². The summed E-state index contributed by atoms with van der Waals surface area (Å²) in [5.41, 5.74) is -0.509. The van der Waals surface area contributed by atoms with Crippen molar-refractivity contribution in [3.05, 3.63) is 78.2 Å². The molecule has 33 heavy (non-hydrogen) atoms. The number of carbonyl (C=O) groups is 2. The van der Waals surface area contributed by atoms with Crippen molar-refractivity contribution in [1.82, 2.24) is 4.90 Å². The molecule has 2 aromatic carbocycles. The Morgan fingerprint density at radius 1 is 1.18 bits per heavy atom. The molecule has 1 aliphatic rings. The molecule has 0 unspecified atom stereocenters. The van der Waals surface area contributed by atoms with Crippen LogP contribution in [0.25, 0.3) is 6.08 Å². The number of non-ortho nitro benzene ring substituents is 1. The first-order chi connectivity index (χ1) is 15.7. The molecule has 0 aromatic heterocycles. The number of halogens is 1. The summed E-state index contributed by atoms with van der Waals surface area (Å²) in [6.07, 6.45) is 1.86. The minimum atomic E-state index is -0.811. The maximum Gasteiger partial charge on any atom is 0.299 e. The van der Waals surface area contributed by atoms with Crippen molar-refractivity contribution in [3.63, 3.8) is 0 Å². The number of anilines is 1. The highest BCUT2D eigenvalue weighted by Crippen LogP contribution is 2.34. The zero-order chi connectivity index (χ0) is 24.1. The van der Waals surface area contributed by atoms with Crippen LogP contribution in [-0.4, -0.2) is 37.4 Å². The van der Waals surface area contributed by atoms with E-state index in [2.05, 4.69) is 5.32 Å². The van der Waals surface area contributed by atoms with Gasteiger partial charge in [0.25, 0.3) is 17.3 Å². The summed E-state index contributed by atoms with van der Waals surface area (Å²) in [4.78, 5) is 47.1. The molecule has 1 heterocycles. The van der Waals surface area contributed by atoms with Gasteiger partial charge < -0.3 is 5.32 Å². The molecular weight excluding hydrogens is 492 g/mol. The Morgan fingerprint density at radius 3 is 2.58 bits per heavy atom. The van der Waals surface area contributed by atoms with E-state index in [0.29, 0.717) is 19.8 Å². The normalized spacial score (nSPS) is 14.6. The van der Waals surface area contributed by atoms with Crippen LogP contribution in [0.15, 0.2) is 47.4 Å². The third kappa shape index (κ3) is 5.92. The number of nitrogens with zero attached hydrogens (tertiary/aromatic N) is 3. The smallest absolute Gasteiger partial charge is 0.299 e. The predicted octanol–water partition coefficient (Wildman–Crippen LogP) is 4.78. The second-order valence-electron chi connectivity index (χ2n) is 6.72. The van der Waals surface area contributed by atoms with Crippen molar-refractivity contribution in [2.75, 3.05) is 11.9 Å². The molecule has 2 aromatic rings. The van der Waals surface area contributed by atoms with Gasteiger partial charge in [-0.25, -0.2) is 0 Å². The molecule has 3 rings (SSSR count). The number of amides is 2. The molecule has 1 saturated heterocycles. The van der Waals surface area contributed by atoms with Gasteiger partial charge in [-0.2, -0.15) is 0 Å². The topological polar surface area (TPSA) is 136 Å². The first kappa shape index (κ1) is 24.3. The Labute approximate surface area is 201 Å². The number of thioether (sulfide) groups is 1. The molecule has 2 amide bonds. The Bertz CT molecular complexity index is 1200. The summed E-state index contributed by atoms with van der Waals surface area (Å²) in [6.45, 7) is 0.181. The fraction of sp³-hybridized carbons (Fsp3) is 0.150. The molecular formula is C20H15ClN4O6S2. The monoisotopic (exact) mass is 506 g/mol. The molecule has 0 saturated carbocycles. The first-order valence-corrected chi connectivity index (χ1v) is 11.0. The number of rotatable bonds is 8. The van der Waals surface area contributed by atoms with Crippen LogP contribution in [0.1, 0.15) is 18.4 Å². The summed E-state index contributed by atoms with van der Waals surface area (Å²) in [5, 5.41) is 24.9. The number of carbonyl (C=O) groups excluding carboxylic acids is 2. The van der Waals surface area contributed by atoms with Gasteiger partial charge in [-0.1, -0.05) is 53.8 Å². The van der Waals surface area contributed by atoms with Crippen LogP contribution in [0.5, 0.6) is 0 Å². The van der Waals surface area contributed by atoms with Crippen LogP contribution in [0, 0.1) is 20.2 Å². The largest absolute Gasteiger partial charge is 0.320 e. The van der Waals surface area contributed by atoms with Gasteiger partial charge in [0.05, 0.1) is 20.8 Å². The lowest BCUT2D eigenvalue weighted by Gasteiger charge is -2.14. The minimum absolute atomic E-state index is 0.0469. The van der Waals surface area contributed by atoms with Gasteiger partial charge in [-0.3, -0.25) is 34.7 Å². The Balaban J connectivity index is 1.59. The van der Waals surface area contributed by atoms with Gasteiger partial charge in [0.15, 0.2) is 0 Å². The fourth-order valence-electron chi connectivity index (χ4n) is 2.93. The second kappa shape index (κ2) is 10.5. The van der Waals surface area contributed by atoms with Crippen LogP contribution in [0.2, 0.25) is 5.02 Å². The molecule has 1 N–H and O–H groups in total. The maximum absolute atomic E-state index is 12.7. The average molecular weight is 507 g/mol. The van der Waals surface area contributed by atoms with E-state index in [0.717, 1.165) is 30.0 Å². The highest BCUT2D eigenvalue weighted by Gasteiger charge is 2.32. The molecule has 10 nitrogen and oxygen atoms in total. The van der Waals surface area contributed by atoms with E-state index < -0.39 is 27.1 Å². The number of hydrogen-bond acceptors (Lipinski definition) is 8. The molecule has 0 bridgehead atoms. The van der Waals surface area contributed by atoms with Gasteiger partial charge in [0, 0.05) is 24.1 Å². The molecule has 0 radical (unpaired) electrons. The third-order valence-electron chi connectivity index (χ3n) is 4.51. The second-order valence-corrected chi connectivity index (χ2v) is 8.81. The summed E-state index contributed by atoms with van der Waals surface area (Å²) >= 11 is 12.5. The molecule has 0 spiro atoms. The number of nitro benzene ring substituents is 2. The molecule has 170 valence electrons. The van der Waals surface area contributed by atoms with Crippen molar-refractivity contribution in [3.8, 4) is 0 Å². The lowest BCUT2D eigenvalue weighted by molar-refractivity contribution is -0.393. The van der Waals surface area contributed by atoms with E-state index in [1.807, 2.05) is 0 Å². The van der Waals surface area contributed by atoms with Crippen molar-refractivity contribution in [2.45, 2.75) is 12.8 Å². The van der Waals surface area contributed by atoms with Crippen LogP contribution in [0.3, 0.4) is 0 Å². The summed E-state index contributed by atoms with van der Waals surface area (Å²) in [6, 6.07) is 10.0. The van der Waals surface area contributed by atoms with Gasteiger partial charge in [0.1, 0.15) is 10.0 Å². The van der Waals surface area contributed by atoms with Crippen LogP contribution in [-0.2, 0) is 9.59 Å². The van der Waals surface area contributed by atoms with E-state index in [1.54, 1.807) is 30.3 Å². The molecule has 1 aliphatic heterocycles. The van der Waals surface area contributed by atoms with E-state index in [1.165, 1.54) is 4.90 Å². The van der Waals surface area contributed by atoms with Gasteiger partial charge in [0.2, 0.25) is 5.91 Å². The molecule has 0 aliphatic carbocycles. The SMILES string of the molecule is O=C(CCCN1C(=O)C(=Cc2ccccc2Cl)SC1=S)Nc1ccc([N+](=O)[O-])cc1[N+](=O)[O-]. The Kier molecular flexibility index (Phi) is 7.74. The lowest BCUT2D eigenvalue weighted by atomic mass is 10.2. The zero-order valence-electron chi connectivity index (χ0n) is 16.7. The third-order valence-corrected chi connectivity index (χ3v) is 6.24. The number of nitro groups is 2. The van der Waals surface area contributed by atoms with Crippen molar-refractivity contribution >= 4 is 74.9 Å². The molecule has 0 atom stereocenters. The number of nitrogens with one attached hydrogen (secondary N) is 1. The summed E-state index contributed by atoms with van der Waals surface area (Å²) < 4.78 is 0.352.